The molecule has 6 nitrogen and oxygen atoms in total. The molecular formula is C19H26N2O4. The van der Waals surface area contributed by atoms with Crippen molar-refractivity contribution in [1.29, 1.82) is 0 Å². The van der Waals surface area contributed by atoms with Crippen LogP contribution in [0, 0.1) is 5.92 Å². The van der Waals surface area contributed by atoms with Gasteiger partial charge < -0.3 is 19.3 Å². The molecule has 1 aromatic carbocycles. The fourth-order valence-corrected chi connectivity index (χ4v) is 3.52. The van der Waals surface area contributed by atoms with E-state index in [0.717, 1.165) is 31.4 Å². The number of piperazine rings is 1. The van der Waals surface area contributed by atoms with Crippen molar-refractivity contribution in [3.63, 3.8) is 0 Å². The Morgan fingerprint density at radius 3 is 2.12 bits per heavy atom. The van der Waals surface area contributed by atoms with Gasteiger partial charge in [-0.25, -0.2) is 0 Å². The Kier molecular flexibility index (Phi) is 5.79. The molecule has 25 heavy (non-hydrogen) atoms. The molecule has 1 saturated heterocycles. The molecule has 0 unspecified atom stereocenters. The van der Waals surface area contributed by atoms with Crippen molar-refractivity contribution in [3.05, 3.63) is 24.3 Å². The van der Waals surface area contributed by atoms with E-state index in [9.17, 15) is 9.59 Å². The molecule has 3 rings (SSSR count). The SMILES string of the molecule is COc1ccc(OCC(=O)N2CCN(C(=O)C3CCCC3)CC2)cc1. The van der Waals surface area contributed by atoms with E-state index in [1.54, 1.807) is 36.3 Å². The van der Waals surface area contributed by atoms with Gasteiger partial charge in [-0.3, -0.25) is 9.59 Å². The molecule has 0 bridgehead atoms. The monoisotopic (exact) mass is 346 g/mol. The van der Waals surface area contributed by atoms with Gasteiger partial charge in [-0.15, -0.1) is 0 Å². The minimum atomic E-state index is -0.0382. The van der Waals surface area contributed by atoms with E-state index < -0.39 is 0 Å². The molecule has 1 aromatic rings. The second-order valence-electron chi connectivity index (χ2n) is 6.65. The molecule has 1 saturated carbocycles. The minimum Gasteiger partial charge on any atom is -0.497 e. The predicted molar refractivity (Wildman–Crippen MR) is 93.6 cm³/mol. The average Bonchev–Trinajstić information content (AvgIpc) is 3.21. The molecule has 1 heterocycles. The van der Waals surface area contributed by atoms with Gasteiger partial charge in [-0.05, 0) is 37.1 Å². The molecule has 2 aliphatic rings. The van der Waals surface area contributed by atoms with Crippen molar-refractivity contribution in [2.45, 2.75) is 25.7 Å². The summed E-state index contributed by atoms with van der Waals surface area (Å²) in [4.78, 5) is 28.4. The molecule has 0 aromatic heterocycles. The summed E-state index contributed by atoms with van der Waals surface area (Å²) in [6.45, 7) is 2.45. The van der Waals surface area contributed by atoms with Crippen LogP contribution in [0.15, 0.2) is 24.3 Å². The van der Waals surface area contributed by atoms with Gasteiger partial charge >= 0.3 is 0 Å². The third kappa shape index (κ3) is 4.44. The number of hydrogen-bond donors (Lipinski definition) is 0. The highest BCUT2D eigenvalue weighted by Gasteiger charge is 2.30. The highest BCUT2D eigenvalue weighted by Crippen LogP contribution is 2.27. The largest absolute Gasteiger partial charge is 0.497 e. The van der Waals surface area contributed by atoms with Crippen LogP contribution in [0.2, 0.25) is 0 Å². The van der Waals surface area contributed by atoms with Crippen LogP contribution in [0.1, 0.15) is 25.7 Å². The molecule has 0 spiro atoms. The first-order valence-electron chi connectivity index (χ1n) is 9.01. The topological polar surface area (TPSA) is 59.1 Å². The zero-order chi connectivity index (χ0) is 17.6. The van der Waals surface area contributed by atoms with E-state index in [0.29, 0.717) is 31.9 Å². The zero-order valence-electron chi connectivity index (χ0n) is 14.8. The van der Waals surface area contributed by atoms with Crippen molar-refractivity contribution in [2.24, 2.45) is 5.92 Å². The third-order valence-corrected chi connectivity index (χ3v) is 5.07. The average molecular weight is 346 g/mol. The maximum atomic E-state index is 12.4. The van der Waals surface area contributed by atoms with Crippen LogP contribution >= 0.6 is 0 Å². The number of benzene rings is 1. The van der Waals surface area contributed by atoms with Crippen molar-refractivity contribution in [2.75, 3.05) is 39.9 Å². The normalized spacial score (nSPS) is 18.3. The van der Waals surface area contributed by atoms with Crippen LogP contribution in [-0.4, -0.2) is 61.5 Å². The minimum absolute atomic E-state index is 0.0168. The van der Waals surface area contributed by atoms with Crippen LogP contribution < -0.4 is 9.47 Å². The summed E-state index contributed by atoms with van der Waals surface area (Å²) in [5.74, 6) is 1.84. The van der Waals surface area contributed by atoms with Gasteiger partial charge in [0.15, 0.2) is 6.61 Å². The fourth-order valence-electron chi connectivity index (χ4n) is 3.52. The van der Waals surface area contributed by atoms with E-state index in [1.165, 1.54) is 0 Å². The van der Waals surface area contributed by atoms with Gasteiger partial charge in [-0.1, -0.05) is 12.8 Å². The van der Waals surface area contributed by atoms with E-state index in [-0.39, 0.29) is 24.3 Å². The number of hydrogen-bond acceptors (Lipinski definition) is 4. The van der Waals surface area contributed by atoms with Crippen LogP contribution in [0.25, 0.3) is 0 Å². The van der Waals surface area contributed by atoms with Gasteiger partial charge in [0.25, 0.3) is 5.91 Å². The Morgan fingerprint density at radius 2 is 1.52 bits per heavy atom. The lowest BCUT2D eigenvalue weighted by Crippen LogP contribution is -2.52. The molecule has 0 N–H and O–H groups in total. The van der Waals surface area contributed by atoms with Gasteiger partial charge in [0.1, 0.15) is 11.5 Å². The molecule has 6 heteroatoms. The Hall–Kier alpha value is -2.24. The zero-order valence-corrected chi connectivity index (χ0v) is 14.8. The van der Waals surface area contributed by atoms with Crippen LogP contribution in [-0.2, 0) is 9.59 Å². The first-order valence-corrected chi connectivity index (χ1v) is 9.01. The standard InChI is InChI=1S/C19H26N2O4/c1-24-16-6-8-17(9-7-16)25-14-18(22)20-10-12-21(13-11-20)19(23)15-4-2-3-5-15/h6-9,15H,2-5,10-14H2,1H3. The van der Waals surface area contributed by atoms with Gasteiger partial charge in [0.2, 0.25) is 5.91 Å². The van der Waals surface area contributed by atoms with Crippen molar-refractivity contribution < 1.29 is 19.1 Å². The second kappa shape index (κ2) is 8.23. The molecule has 2 fully saturated rings. The summed E-state index contributed by atoms with van der Waals surface area (Å²) in [5.41, 5.74) is 0. The van der Waals surface area contributed by atoms with E-state index in [1.807, 2.05) is 4.90 Å². The van der Waals surface area contributed by atoms with Crippen molar-refractivity contribution >= 4 is 11.8 Å². The van der Waals surface area contributed by atoms with Gasteiger partial charge in [-0.2, -0.15) is 0 Å². The number of carbonyl (C=O) groups excluding carboxylic acids is 2. The number of rotatable bonds is 5. The van der Waals surface area contributed by atoms with Crippen LogP contribution in [0.4, 0.5) is 0 Å². The lowest BCUT2D eigenvalue weighted by Gasteiger charge is -2.36. The van der Waals surface area contributed by atoms with Crippen molar-refractivity contribution in [1.82, 2.24) is 9.80 Å². The molecule has 0 radical (unpaired) electrons. The second-order valence-corrected chi connectivity index (χ2v) is 6.65. The first-order chi connectivity index (χ1) is 12.2. The first kappa shape index (κ1) is 17.6. The van der Waals surface area contributed by atoms with E-state index in [2.05, 4.69) is 0 Å². The maximum Gasteiger partial charge on any atom is 0.260 e. The third-order valence-electron chi connectivity index (χ3n) is 5.07. The lowest BCUT2D eigenvalue weighted by atomic mass is 10.1. The van der Waals surface area contributed by atoms with E-state index >= 15 is 0 Å². The lowest BCUT2D eigenvalue weighted by molar-refractivity contribution is -0.142. The number of nitrogens with zero attached hydrogens (tertiary/aromatic N) is 2. The summed E-state index contributed by atoms with van der Waals surface area (Å²) in [6, 6.07) is 7.16. The fraction of sp³-hybridized carbons (Fsp3) is 0.579. The van der Waals surface area contributed by atoms with Crippen LogP contribution in [0.3, 0.4) is 0 Å². The molecule has 136 valence electrons. The molecule has 1 aliphatic carbocycles. The molecule has 0 atom stereocenters. The van der Waals surface area contributed by atoms with Crippen LogP contribution in [0.5, 0.6) is 11.5 Å². The summed E-state index contributed by atoms with van der Waals surface area (Å²) in [7, 11) is 1.61. The Bertz CT molecular complexity index is 588. The predicted octanol–water partition coefficient (Wildman–Crippen LogP) is 1.93. The van der Waals surface area contributed by atoms with Gasteiger partial charge in [0.05, 0.1) is 7.11 Å². The number of amides is 2. The van der Waals surface area contributed by atoms with E-state index in [4.69, 9.17) is 9.47 Å². The summed E-state index contributed by atoms with van der Waals surface area (Å²) in [5, 5.41) is 0. The highest BCUT2D eigenvalue weighted by atomic mass is 16.5. The number of carbonyl (C=O) groups is 2. The summed E-state index contributed by atoms with van der Waals surface area (Å²) < 4.78 is 10.6. The molecular weight excluding hydrogens is 320 g/mol. The molecule has 2 amide bonds. The Labute approximate surface area is 148 Å². The quantitative estimate of drug-likeness (QED) is 0.817. The molecule has 1 aliphatic heterocycles. The highest BCUT2D eigenvalue weighted by molar-refractivity contribution is 5.80. The Morgan fingerprint density at radius 1 is 0.960 bits per heavy atom. The maximum absolute atomic E-state index is 12.4. The Balaban J connectivity index is 1.42. The summed E-state index contributed by atoms with van der Waals surface area (Å²) >= 11 is 0. The summed E-state index contributed by atoms with van der Waals surface area (Å²) in [6.07, 6.45) is 4.37. The smallest absolute Gasteiger partial charge is 0.260 e. The van der Waals surface area contributed by atoms with Gasteiger partial charge in [0, 0.05) is 32.1 Å². The number of ether oxygens (including phenoxy) is 2. The van der Waals surface area contributed by atoms with Crippen molar-refractivity contribution in [3.8, 4) is 11.5 Å². The number of methoxy groups -OCH3 is 1.